The molecule has 0 aromatic heterocycles. The van der Waals surface area contributed by atoms with Crippen molar-refractivity contribution in [2.75, 3.05) is 11.9 Å². The van der Waals surface area contributed by atoms with Crippen LogP contribution in [0.2, 0.25) is 5.02 Å². The average Bonchev–Trinajstić information content (AvgIpc) is 2.74. The third kappa shape index (κ3) is 1.93. The van der Waals surface area contributed by atoms with Gasteiger partial charge in [0.2, 0.25) is 0 Å². The highest BCUT2D eigenvalue weighted by atomic mass is 35.5. The lowest BCUT2D eigenvalue weighted by molar-refractivity contribution is -0.0923. The Morgan fingerprint density at radius 3 is 2.79 bits per heavy atom. The fourth-order valence-corrected chi connectivity index (χ4v) is 3.70. The molecule has 0 radical (unpaired) electrons. The molecule has 2 aliphatic rings. The number of benzene rings is 1. The molecule has 3 atom stereocenters. The third-order valence-corrected chi connectivity index (χ3v) is 4.71. The number of ether oxygens (including phenoxy) is 1. The van der Waals surface area contributed by atoms with Gasteiger partial charge < -0.3 is 10.1 Å². The topological polar surface area (TPSA) is 21.3 Å². The van der Waals surface area contributed by atoms with Crippen molar-refractivity contribution in [1.82, 2.24) is 0 Å². The maximum atomic E-state index is 13.8. The first kappa shape index (κ1) is 13.1. The highest BCUT2D eigenvalue weighted by molar-refractivity contribution is 6.33. The zero-order valence-electron chi connectivity index (χ0n) is 10.8. The molecule has 0 amide bonds. The van der Waals surface area contributed by atoms with Gasteiger partial charge in [-0.1, -0.05) is 25.4 Å². The summed E-state index contributed by atoms with van der Waals surface area (Å²) in [5.41, 5.74) is 0.109. The molecule has 19 heavy (non-hydrogen) atoms. The molecule has 1 N–H and O–H groups in total. The monoisotopic (exact) mass is 287 g/mol. The van der Waals surface area contributed by atoms with Crippen molar-refractivity contribution in [1.29, 1.82) is 0 Å². The van der Waals surface area contributed by atoms with Crippen LogP contribution in [-0.2, 0) is 4.74 Å². The van der Waals surface area contributed by atoms with Gasteiger partial charge in [-0.15, -0.1) is 0 Å². The van der Waals surface area contributed by atoms with Gasteiger partial charge in [-0.2, -0.15) is 0 Å². The first-order valence-corrected chi connectivity index (χ1v) is 6.81. The Hall–Kier alpha value is -0.870. The van der Waals surface area contributed by atoms with E-state index in [4.69, 9.17) is 16.3 Å². The van der Waals surface area contributed by atoms with Crippen LogP contribution in [0.25, 0.3) is 0 Å². The predicted molar refractivity (Wildman–Crippen MR) is 70.4 cm³/mol. The Morgan fingerprint density at radius 1 is 1.37 bits per heavy atom. The summed E-state index contributed by atoms with van der Waals surface area (Å²) in [6, 6.07) is 2.07. The molecule has 1 saturated carbocycles. The molecule has 3 rings (SSSR count). The summed E-state index contributed by atoms with van der Waals surface area (Å²) in [7, 11) is 0. The highest BCUT2D eigenvalue weighted by Gasteiger charge is 2.59. The molecular formula is C14H16ClF2NO. The van der Waals surface area contributed by atoms with Crippen LogP contribution in [0.5, 0.6) is 0 Å². The number of halogens is 3. The van der Waals surface area contributed by atoms with Crippen molar-refractivity contribution in [3.63, 3.8) is 0 Å². The molecule has 1 aliphatic heterocycles. The highest BCUT2D eigenvalue weighted by Crippen LogP contribution is 2.53. The molecule has 0 bridgehead atoms. The Morgan fingerprint density at radius 2 is 2.11 bits per heavy atom. The lowest BCUT2D eigenvalue weighted by Crippen LogP contribution is -2.63. The maximum Gasteiger partial charge on any atom is 0.150 e. The smallest absolute Gasteiger partial charge is 0.150 e. The summed E-state index contributed by atoms with van der Waals surface area (Å²) in [5, 5.41) is 3.23. The van der Waals surface area contributed by atoms with Crippen molar-refractivity contribution in [3.05, 3.63) is 28.8 Å². The van der Waals surface area contributed by atoms with Gasteiger partial charge >= 0.3 is 0 Å². The molecule has 5 heteroatoms. The van der Waals surface area contributed by atoms with E-state index in [0.717, 1.165) is 25.2 Å². The first-order valence-electron chi connectivity index (χ1n) is 6.44. The molecule has 1 aromatic rings. The Balaban J connectivity index is 1.86. The van der Waals surface area contributed by atoms with Crippen LogP contribution in [0.4, 0.5) is 14.5 Å². The summed E-state index contributed by atoms with van der Waals surface area (Å²) < 4.78 is 32.5. The predicted octanol–water partition coefficient (Wildman–Crippen LogP) is 3.84. The normalized spacial score (nSPS) is 31.7. The Labute approximate surface area is 116 Å². The zero-order chi connectivity index (χ0) is 13.8. The Kier molecular flexibility index (Phi) is 2.98. The molecule has 2 fully saturated rings. The SMILES string of the molecule is CC1(C)C(Nc2c(F)cc(F)cc2Cl)C2CCOC21. The van der Waals surface area contributed by atoms with Crippen LogP contribution in [0.3, 0.4) is 0 Å². The second kappa shape index (κ2) is 4.32. The fraction of sp³-hybridized carbons (Fsp3) is 0.571. The molecule has 1 saturated heterocycles. The van der Waals surface area contributed by atoms with Gasteiger partial charge in [-0.25, -0.2) is 8.78 Å². The maximum absolute atomic E-state index is 13.8. The zero-order valence-corrected chi connectivity index (χ0v) is 11.6. The second-order valence-corrected chi connectivity index (χ2v) is 6.34. The largest absolute Gasteiger partial charge is 0.378 e. The fourth-order valence-electron chi connectivity index (χ4n) is 3.45. The van der Waals surface area contributed by atoms with E-state index in [0.29, 0.717) is 5.92 Å². The van der Waals surface area contributed by atoms with Gasteiger partial charge in [0.05, 0.1) is 16.8 Å². The minimum absolute atomic E-state index is 0.0781. The van der Waals surface area contributed by atoms with Crippen LogP contribution in [0.1, 0.15) is 20.3 Å². The van der Waals surface area contributed by atoms with Crippen molar-refractivity contribution in [3.8, 4) is 0 Å². The van der Waals surface area contributed by atoms with Gasteiger partial charge in [0.15, 0.2) is 5.82 Å². The van der Waals surface area contributed by atoms with Crippen LogP contribution in [-0.4, -0.2) is 18.8 Å². The molecule has 0 spiro atoms. The number of anilines is 1. The van der Waals surface area contributed by atoms with Gasteiger partial charge in [0.1, 0.15) is 5.82 Å². The van der Waals surface area contributed by atoms with E-state index < -0.39 is 11.6 Å². The summed E-state index contributed by atoms with van der Waals surface area (Å²) in [5.74, 6) is -0.943. The van der Waals surface area contributed by atoms with E-state index in [-0.39, 0.29) is 28.3 Å². The van der Waals surface area contributed by atoms with Crippen LogP contribution >= 0.6 is 11.6 Å². The number of rotatable bonds is 2. The van der Waals surface area contributed by atoms with Gasteiger partial charge in [0, 0.05) is 30.0 Å². The second-order valence-electron chi connectivity index (χ2n) is 5.93. The third-order valence-electron chi connectivity index (χ3n) is 4.41. The summed E-state index contributed by atoms with van der Waals surface area (Å²) in [6.07, 6.45) is 1.18. The quantitative estimate of drug-likeness (QED) is 0.892. The van der Waals surface area contributed by atoms with Crippen molar-refractivity contribution in [2.45, 2.75) is 32.4 Å². The van der Waals surface area contributed by atoms with Gasteiger partial charge in [-0.3, -0.25) is 0 Å². The number of hydrogen-bond donors (Lipinski definition) is 1. The van der Waals surface area contributed by atoms with Crippen LogP contribution in [0.15, 0.2) is 12.1 Å². The van der Waals surface area contributed by atoms with Gasteiger partial charge in [0.25, 0.3) is 0 Å². The van der Waals surface area contributed by atoms with E-state index in [1.807, 2.05) is 0 Å². The lowest BCUT2D eigenvalue weighted by Gasteiger charge is -2.55. The molecule has 1 aliphatic carbocycles. The number of hydrogen-bond acceptors (Lipinski definition) is 2. The number of fused-ring (bicyclic) bond motifs is 1. The standard InChI is InChI=1S/C14H16ClF2NO/c1-14(2)12(8-3-4-19-13(8)14)18-11-9(15)5-7(16)6-10(11)17/h5-6,8,12-13,18H,3-4H2,1-2H3. The summed E-state index contributed by atoms with van der Waals surface area (Å²) >= 11 is 5.92. The van der Waals surface area contributed by atoms with Crippen molar-refractivity contribution < 1.29 is 13.5 Å². The van der Waals surface area contributed by atoms with Crippen LogP contribution < -0.4 is 5.32 Å². The van der Waals surface area contributed by atoms with E-state index in [2.05, 4.69) is 19.2 Å². The number of nitrogens with one attached hydrogen (secondary N) is 1. The van der Waals surface area contributed by atoms with Crippen molar-refractivity contribution >= 4 is 17.3 Å². The summed E-state index contributed by atoms with van der Waals surface area (Å²) in [4.78, 5) is 0. The molecule has 2 nitrogen and oxygen atoms in total. The first-order chi connectivity index (χ1) is 8.91. The van der Waals surface area contributed by atoms with Gasteiger partial charge in [-0.05, 0) is 12.5 Å². The van der Waals surface area contributed by atoms with E-state index in [1.54, 1.807) is 0 Å². The van der Waals surface area contributed by atoms with E-state index in [9.17, 15) is 8.78 Å². The minimum Gasteiger partial charge on any atom is -0.378 e. The molecule has 1 aromatic carbocycles. The van der Waals surface area contributed by atoms with E-state index >= 15 is 0 Å². The minimum atomic E-state index is -0.664. The lowest BCUT2D eigenvalue weighted by atomic mass is 9.57. The van der Waals surface area contributed by atoms with E-state index in [1.165, 1.54) is 0 Å². The average molecular weight is 288 g/mol. The molecule has 1 heterocycles. The van der Waals surface area contributed by atoms with Crippen LogP contribution in [0, 0.1) is 23.0 Å². The molecular weight excluding hydrogens is 272 g/mol. The molecule has 3 unspecified atom stereocenters. The summed E-state index contributed by atoms with van der Waals surface area (Å²) in [6.45, 7) is 4.93. The Bertz CT molecular complexity index is 497. The van der Waals surface area contributed by atoms with Crippen molar-refractivity contribution in [2.24, 2.45) is 11.3 Å². The molecule has 104 valence electrons.